The van der Waals surface area contributed by atoms with E-state index in [9.17, 15) is 29.1 Å². The van der Waals surface area contributed by atoms with Crippen molar-refractivity contribution < 1.29 is 33.8 Å². The summed E-state index contributed by atoms with van der Waals surface area (Å²) in [5.74, 6) is -3.72. The van der Waals surface area contributed by atoms with Gasteiger partial charge in [-0.05, 0) is 45.1 Å². The Bertz CT molecular complexity index is 1010. The van der Waals surface area contributed by atoms with E-state index in [0.29, 0.717) is 19.3 Å². The van der Waals surface area contributed by atoms with Crippen LogP contribution < -0.4 is 16.4 Å². The number of aliphatic carboxylic acids is 1. The van der Waals surface area contributed by atoms with Crippen LogP contribution in [0.15, 0.2) is 30.3 Å². The number of carboxylic acid groups (broad SMARTS) is 1. The van der Waals surface area contributed by atoms with Crippen LogP contribution in [0.2, 0.25) is 0 Å². The van der Waals surface area contributed by atoms with Crippen LogP contribution in [0, 0.1) is 5.92 Å². The van der Waals surface area contributed by atoms with E-state index in [-0.39, 0.29) is 19.0 Å². The molecule has 11 nitrogen and oxygen atoms in total. The van der Waals surface area contributed by atoms with Crippen LogP contribution in [0.25, 0.3) is 0 Å². The van der Waals surface area contributed by atoms with Crippen molar-refractivity contribution in [1.82, 2.24) is 15.5 Å². The number of hydrogen-bond donors (Lipinski definition) is 4. The third kappa shape index (κ3) is 7.93. The van der Waals surface area contributed by atoms with Gasteiger partial charge < -0.3 is 31.1 Å². The van der Waals surface area contributed by atoms with Crippen LogP contribution in [0.1, 0.15) is 65.9 Å². The number of carbonyl (C=O) groups excluding carboxylic acids is 4. The summed E-state index contributed by atoms with van der Waals surface area (Å²) in [4.78, 5) is 64.2. The van der Waals surface area contributed by atoms with Crippen molar-refractivity contribution in [2.75, 3.05) is 13.1 Å². The van der Waals surface area contributed by atoms with Crippen LogP contribution in [0.5, 0.6) is 0 Å². The predicted octanol–water partition coefficient (Wildman–Crippen LogP) is 1.93. The number of piperidine rings is 1. The van der Waals surface area contributed by atoms with Crippen LogP contribution in [0.4, 0.5) is 4.79 Å². The van der Waals surface area contributed by atoms with Gasteiger partial charge in [-0.25, -0.2) is 9.59 Å². The monoisotopic (exact) mass is 532 g/mol. The molecule has 4 amide bonds. The summed E-state index contributed by atoms with van der Waals surface area (Å²) in [6.45, 7) is 9.53. The molecule has 1 aromatic rings. The number of ether oxygens (including phenoxy) is 1. The van der Waals surface area contributed by atoms with E-state index >= 15 is 0 Å². The molecule has 0 radical (unpaired) electrons. The Morgan fingerprint density at radius 3 is 2.13 bits per heavy atom. The molecule has 3 atom stereocenters. The standard InChI is InChI=1S/C27H40N4O7/c1-6-17(2)21(22(33)29-19(23(34)35)16-20(28)32)30-24(36)27(18-10-8-7-9-11-18)12-14-31(15-13-27)25(37)38-26(3,4)5/h7-11,17,19,21H,6,12-16H2,1-5H3,(H2,28,32)(H,29,33)(H,30,36)(H,34,35)/t17-,19+,21+/m1/s1. The number of hydrogen-bond acceptors (Lipinski definition) is 6. The highest BCUT2D eigenvalue weighted by Crippen LogP contribution is 2.36. The van der Waals surface area contributed by atoms with Crippen LogP contribution >= 0.6 is 0 Å². The minimum absolute atomic E-state index is 0.275. The number of carbonyl (C=O) groups is 5. The van der Waals surface area contributed by atoms with Gasteiger partial charge >= 0.3 is 12.1 Å². The normalized spacial score (nSPS) is 17.4. The van der Waals surface area contributed by atoms with Gasteiger partial charge in [0.2, 0.25) is 17.7 Å². The lowest BCUT2D eigenvalue weighted by atomic mass is 9.71. The minimum Gasteiger partial charge on any atom is -0.480 e. The second kappa shape index (κ2) is 12.7. The maximum atomic E-state index is 13.9. The predicted molar refractivity (Wildman–Crippen MR) is 140 cm³/mol. The number of nitrogens with zero attached hydrogens (tertiary/aromatic N) is 1. The largest absolute Gasteiger partial charge is 0.480 e. The molecule has 210 valence electrons. The fraction of sp³-hybridized carbons (Fsp3) is 0.593. The highest BCUT2D eigenvalue weighted by atomic mass is 16.6. The van der Waals surface area contributed by atoms with Crippen molar-refractivity contribution in [2.24, 2.45) is 11.7 Å². The quantitative estimate of drug-likeness (QED) is 0.357. The zero-order chi connectivity index (χ0) is 28.7. The molecule has 2 rings (SSSR count). The van der Waals surface area contributed by atoms with Crippen molar-refractivity contribution in [3.8, 4) is 0 Å². The molecule has 1 heterocycles. The maximum absolute atomic E-state index is 13.9. The van der Waals surface area contributed by atoms with Gasteiger partial charge in [-0.1, -0.05) is 50.6 Å². The van der Waals surface area contributed by atoms with Gasteiger partial charge in [0, 0.05) is 13.1 Å². The molecule has 0 aromatic heterocycles. The molecule has 0 saturated carbocycles. The first-order valence-electron chi connectivity index (χ1n) is 12.9. The second-order valence-corrected chi connectivity index (χ2v) is 10.8. The van der Waals surface area contributed by atoms with Gasteiger partial charge in [-0.2, -0.15) is 0 Å². The molecule has 0 unspecified atom stereocenters. The van der Waals surface area contributed by atoms with E-state index in [1.807, 2.05) is 37.3 Å². The summed E-state index contributed by atoms with van der Waals surface area (Å²) in [7, 11) is 0. The number of likely N-dealkylation sites (tertiary alicyclic amines) is 1. The van der Waals surface area contributed by atoms with Gasteiger partial charge in [0.25, 0.3) is 0 Å². The van der Waals surface area contributed by atoms with Crippen LogP contribution in [-0.2, 0) is 29.3 Å². The van der Waals surface area contributed by atoms with Gasteiger partial charge in [-0.3, -0.25) is 14.4 Å². The van der Waals surface area contributed by atoms with E-state index < -0.39 is 59.3 Å². The molecular formula is C27H40N4O7. The van der Waals surface area contributed by atoms with Crippen LogP contribution in [0.3, 0.4) is 0 Å². The maximum Gasteiger partial charge on any atom is 0.410 e. The number of nitrogens with one attached hydrogen (secondary N) is 2. The SMILES string of the molecule is CC[C@@H](C)[C@H](NC(=O)C1(c2ccccc2)CCN(C(=O)OC(C)(C)C)CC1)C(=O)N[C@@H](CC(N)=O)C(=O)O. The lowest BCUT2D eigenvalue weighted by Crippen LogP contribution is -2.60. The number of rotatable bonds is 10. The van der Waals surface area contributed by atoms with E-state index in [4.69, 9.17) is 10.5 Å². The number of primary amides is 1. The average molecular weight is 533 g/mol. The molecular weight excluding hydrogens is 492 g/mol. The summed E-state index contributed by atoms with van der Waals surface area (Å²) < 4.78 is 5.49. The Balaban J connectivity index is 2.31. The van der Waals surface area contributed by atoms with Gasteiger partial charge in [-0.15, -0.1) is 0 Å². The molecule has 11 heteroatoms. The highest BCUT2D eigenvalue weighted by molar-refractivity contribution is 5.95. The number of amides is 4. The van der Waals surface area contributed by atoms with Crippen LogP contribution in [-0.4, -0.2) is 70.6 Å². The Labute approximate surface area is 223 Å². The molecule has 0 spiro atoms. The summed E-state index contributed by atoms with van der Waals surface area (Å²) >= 11 is 0. The Kier molecular flexibility index (Phi) is 10.3. The highest BCUT2D eigenvalue weighted by Gasteiger charge is 2.46. The third-order valence-electron chi connectivity index (χ3n) is 6.83. The van der Waals surface area contributed by atoms with Crippen molar-refractivity contribution in [1.29, 1.82) is 0 Å². The third-order valence-corrected chi connectivity index (χ3v) is 6.83. The number of carboxylic acids is 1. The van der Waals surface area contributed by atoms with E-state index in [1.165, 1.54) is 0 Å². The topological polar surface area (TPSA) is 168 Å². The molecule has 1 aromatic carbocycles. The summed E-state index contributed by atoms with van der Waals surface area (Å²) in [5, 5.41) is 14.6. The average Bonchev–Trinajstić information content (AvgIpc) is 2.85. The molecule has 0 bridgehead atoms. The first kappa shape index (κ1) is 30.6. The molecule has 5 N–H and O–H groups in total. The zero-order valence-corrected chi connectivity index (χ0v) is 22.8. The molecule has 38 heavy (non-hydrogen) atoms. The van der Waals surface area contributed by atoms with Gasteiger partial charge in [0.1, 0.15) is 17.7 Å². The smallest absolute Gasteiger partial charge is 0.410 e. The first-order chi connectivity index (χ1) is 17.7. The number of benzene rings is 1. The van der Waals surface area contributed by atoms with Gasteiger partial charge in [0.15, 0.2) is 0 Å². The molecule has 1 saturated heterocycles. The van der Waals surface area contributed by atoms with Gasteiger partial charge in [0.05, 0.1) is 11.8 Å². The first-order valence-corrected chi connectivity index (χ1v) is 12.9. The van der Waals surface area contributed by atoms with Crippen molar-refractivity contribution in [3.05, 3.63) is 35.9 Å². The Morgan fingerprint density at radius 2 is 1.66 bits per heavy atom. The fourth-order valence-corrected chi connectivity index (χ4v) is 4.45. The van der Waals surface area contributed by atoms with Crippen molar-refractivity contribution >= 4 is 29.8 Å². The molecule has 1 aliphatic heterocycles. The summed E-state index contributed by atoms with van der Waals surface area (Å²) in [6, 6.07) is 6.61. The van der Waals surface area contributed by atoms with Crippen molar-refractivity contribution in [2.45, 2.75) is 83.4 Å². The number of nitrogens with two attached hydrogens (primary N) is 1. The zero-order valence-electron chi connectivity index (χ0n) is 22.8. The Morgan fingerprint density at radius 1 is 1.08 bits per heavy atom. The fourth-order valence-electron chi connectivity index (χ4n) is 4.45. The molecule has 1 aliphatic rings. The van der Waals surface area contributed by atoms with Crippen molar-refractivity contribution in [3.63, 3.8) is 0 Å². The summed E-state index contributed by atoms with van der Waals surface area (Å²) in [6.07, 6.45) is 0.103. The summed E-state index contributed by atoms with van der Waals surface area (Å²) in [5.41, 5.74) is 4.21. The van der Waals surface area contributed by atoms with E-state index in [2.05, 4.69) is 10.6 Å². The minimum atomic E-state index is -1.51. The van der Waals surface area contributed by atoms with E-state index in [0.717, 1.165) is 5.56 Å². The Hall–Kier alpha value is -3.63. The second-order valence-electron chi connectivity index (χ2n) is 10.8. The lowest BCUT2D eigenvalue weighted by Gasteiger charge is -2.42. The van der Waals surface area contributed by atoms with E-state index in [1.54, 1.807) is 32.6 Å². The lowest BCUT2D eigenvalue weighted by molar-refractivity contribution is -0.144. The molecule has 1 fully saturated rings. The molecule has 0 aliphatic carbocycles.